The molecule has 1 fully saturated rings. The van der Waals surface area contributed by atoms with E-state index in [-0.39, 0.29) is 68.2 Å². The van der Waals surface area contributed by atoms with Crippen molar-refractivity contribution < 1.29 is 38.6 Å². The molecule has 5 aromatic rings. The monoisotopic (exact) mass is 1040 g/mol. The van der Waals surface area contributed by atoms with Crippen LogP contribution in [0.1, 0.15) is 70.4 Å². The minimum atomic E-state index is -0.922. The highest BCUT2D eigenvalue weighted by Gasteiger charge is 2.34. The van der Waals surface area contributed by atoms with Crippen molar-refractivity contribution in [2.75, 3.05) is 65.3 Å². The Kier molecular flexibility index (Phi) is 20.1. The lowest BCUT2D eigenvalue weighted by Gasteiger charge is -2.33. The number of Topliss-reactive ketones (excluding diaryl/α,β-unsaturated/α-hetero) is 1. The van der Waals surface area contributed by atoms with E-state index in [1.54, 1.807) is 53.5 Å². The SMILES string of the molecule is COc1ccc(/C=C2\CN(C(=O)C(Cc3ccccc3)NC(=O)CCCCCCNC(=O)CNc3cc(C(=O)NCC(O)CN4CCc5ccccc5C4)ncn3)C/C(=C\c3ccc(OC)c(Cl)c3)C2=O)cc1Cl. The van der Waals surface area contributed by atoms with Crippen molar-refractivity contribution >= 4 is 70.6 Å². The number of rotatable bonds is 23. The average molecular weight is 1050 g/mol. The van der Waals surface area contributed by atoms with Crippen LogP contribution < -0.4 is 30.7 Å². The molecule has 2 aliphatic rings. The molecular weight excluding hydrogens is 984 g/mol. The van der Waals surface area contributed by atoms with Gasteiger partial charge in [-0.3, -0.25) is 28.9 Å². The number of nitrogens with one attached hydrogen (secondary N) is 4. The third kappa shape index (κ3) is 15.9. The molecule has 388 valence electrons. The number of methoxy groups -OCH3 is 2. The van der Waals surface area contributed by atoms with Gasteiger partial charge >= 0.3 is 0 Å². The van der Waals surface area contributed by atoms with Crippen LogP contribution in [-0.2, 0) is 38.6 Å². The molecule has 0 aliphatic carbocycles. The number of ketones is 1. The summed E-state index contributed by atoms with van der Waals surface area (Å²) >= 11 is 12.9. The van der Waals surface area contributed by atoms with E-state index >= 15 is 0 Å². The van der Waals surface area contributed by atoms with Gasteiger partial charge in [-0.15, -0.1) is 0 Å². The third-order valence-electron chi connectivity index (χ3n) is 12.7. The van der Waals surface area contributed by atoms with Gasteiger partial charge in [-0.1, -0.05) is 103 Å². The standard InChI is InChI=1S/C56H62Cl2N8O8/c1-73-49-19-17-38(26-45(49)57)24-42-33-66(34-43(54(42)70)25-39-18-20-50(74-2)46(58)27-39)56(72)48(28-37-12-6-5-7-13-37)64-52(68)16-8-3-4-11-22-59-53(69)31-60-51-29-47(62-36-63-51)55(71)61-30-44(67)35-65-23-21-40-14-9-10-15-41(40)32-65/h5-7,9-10,12-15,17-20,24-27,29,36,44,48,67H,3-4,8,11,16,21-23,28,30-35H2,1-2H3,(H,59,69)(H,61,71)(H,64,68)(H,60,62,63)/b42-24+,43-25+. The zero-order chi connectivity index (χ0) is 52.4. The van der Waals surface area contributed by atoms with Gasteiger partial charge in [-0.25, -0.2) is 9.97 Å². The summed E-state index contributed by atoms with van der Waals surface area (Å²) in [6.45, 7) is 2.43. The van der Waals surface area contributed by atoms with Crippen LogP contribution in [0, 0.1) is 0 Å². The van der Waals surface area contributed by atoms with E-state index in [0.29, 0.717) is 75.6 Å². The lowest BCUT2D eigenvalue weighted by Crippen LogP contribution is -2.52. The molecule has 3 heterocycles. The zero-order valence-electron chi connectivity index (χ0n) is 41.6. The van der Waals surface area contributed by atoms with Gasteiger partial charge < -0.3 is 40.7 Å². The Balaban J connectivity index is 0.864. The number of carbonyl (C=O) groups excluding carboxylic acids is 5. The molecule has 2 atom stereocenters. The molecule has 4 amide bonds. The Morgan fingerprint density at radius 2 is 1.41 bits per heavy atom. The second kappa shape index (κ2) is 27.3. The smallest absolute Gasteiger partial charge is 0.270 e. The van der Waals surface area contributed by atoms with Gasteiger partial charge in [0.05, 0.1) is 36.9 Å². The number of piperidine rings is 1. The van der Waals surface area contributed by atoms with Crippen LogP contribution in [0.5, 0.6) is 11.5 Å². The highest BCUT2D eigenvalue weighted by Crippen LogP contribution is 2.30. The first kappa shape index (κ1) is 54.7. The fraction of sp³-hybridized carbons (Fsp3) is 0.339. The van der Waals surface area contributed by atoms with Crippen LogP contribution in [-0.4, -0.2) is 126 Å². The van der Waals surface area contributed by atoms with Gasteiger partial charge in [-0.05, 0) is 83.5 Å². The van der Waals surface area contributed by atoms with Crippen LogP contribution in [0.25, 0.3) is 12.2 Å². The molecule has 1 aromatic heterocycles. The predicted molar refractivity (Wildman–Crippen MR) is 286 cm³/mol. The van der Waals surface area contributed by atoms with Gasteiger partial charge in [0, 0.05) is 75.9 Å². The summed E-state index contributed by atoms with van der Waals surface area (Å²) < 4.78 is 10.6. The van der Waals surface area contributed by atoms with Crippen LogP contribution >= 0.6 is 23.2 Å². The molecule has 0 spiro atoms. The van der Waals surface area contributed by atoms with Gasteiger partial charge in [0.15, 0.2) is 5.78 Å². The Labute approximate surface area is 441 Å². The number of carbonyl (C=O) groups is 5. The number of hydrogen-bond acceptors (Lipinski definition) is 12. The van der Waals surface area contributed by atoms with Gasteiger partial charge in [0.25, 0.3) is 5.91 Å². The molecule has 0 radical (unpaired) electrons. The zero-order valence-corrected chi connectivity index (χ0v) is 43.1. The maximum absolute atomic E-state index is 14.6. The number of nitrogens with zero attached hydrogens (tertiary/aromatic N) is 4. The fourth-order valence-electron chi connectivity index (χ4n) is 8.86. The van der Waals surface area contributed by atoms with E-state index in [1.165, 1.54) is 37.7 Å². The fourth-order valence-corrected chi connectivity index (χ4v) is 9.39. The molecule has 74 heavy (non-hydrogen) atoms. The number of amides is 4. The van der Waals surface area contributed by atoms with Crippen molar-refractivity contribution in [3.05, 3.63) is 158 Å². The number of benzene rings is 4. The van der Waals surface area contributed by atoms with Gasteiger partial charge in [-0.2, -0.15) is 0 Å². The van der Waals surface area contributed by atoms with Crippen LogP contribution in [0.15, 0.2) is 115 Å². The maximum atomic E-state index is 14.6. The molecular formula is C56H62Cl2N8O8. The summed E-state index contributed by atoms with van der Waals surface area (Å²) in [5, 5.41) is 22.9. The quantitative estimate of drug-likeness (QED) is 0.0341. The minimum Gasteiger partial charge on any atom is -0.495 e. The minimum absolute atomic E-state index is 0.00114. The maximum Gasteiger partial charge on any atom is 0.270 e. The van der Waals surface area contributed by atoms with Crippen LogP contribution in [0.4, 0.5) is 5.82 Å². The highest BCUT2D eigenvalue weighted by atomic mass is 35.5. The summed E-state index contributed by atoms with van der Waals surface area (Å²) in [7, 11) is 3.03. The molecule has 5 N–H and O–H groups in total. The van der Waals surface area contributed by atoms with Gasteiger partial charge in [0.1, 0.15) is 35.4 Å². The van der Waals surface area contributed by atoms with E-state index < -0.39 is 18.1 Å². The van der Waals surface area contributed by atoms with Crippen molar-refractivity contribution in [2.24, 2.45) is 0 Å². The molecule has 4 aromatic carbocycles. The van der Waals surface area contributed by atoms with Gasteiger partial charge in [0.2, 0.25) is 17.7 Å². The molecule has 2 unspecified atom stereocenters. The average Bonchev–Trinajstić information content (AvgIpc) is 3.40. The molecule has 18 heteroatoms. The Bertz CT molecular complexity index is 2770. The first-order valence-electron chi connectivity index (χ1n) is 24.7. The van der Waals surface area contributed by atoms with Crippen LogP contribution in [0.3, 0.4) is 0 Å². The Morgan fingerprint density at radius 3 is 2.07 bits per heavy atom. The first-order chi connectivity index (χ1) is 35.8. The predicted octanol–water partition coefficient (Wildman–Crippen LogP) is 6.73. The second-order valence-corrected chi connectivity index (χ2v) is 19.0. The largest absolute Gasteiger partial charge is 0.495 e. The van der Waals surface area contributed by atoms with E-state index in [0.717, 1.165) is 37.9 Å². The van der Waals surface area contributed by atoms with E-state index in [4.69, 9.17) is 32.7 Å². The summed E-state index contributed by atoms with van der Waals surface area (Å²) in [6, 6.07) is 28.6. The molecule has 7 rings (SSSR count). The number of aliphatic hydroxyl groups excluding tert-OH is 1. The first-order valence-corrected chi connectivity index (χ1v) is 25.4. The molecule has 2 aliphatic heterocycles. The van der Waals surface area contributed by atoms with Crippen molar-refractivity contribution in [3.8, 4) is 11.5 Å². The Morgan fingerprint density at radius 1 is 0.757 bits per heavy atom. The van der Waals surface area contributed by atoms with E-state index in [1.807, 2.05) is 42.5 Å². The summed E-state index contributed by atoms with van der Waals surface area (Å²) in [5.74, 6) is -0.309. The van der Waals surface area contributed by atoms with Crippen molar-refractivity contribution in [1.82, 2.24) is 35.7 Å². The number of aliphatic hydroxyl groups is 1. The number of ether oxygens (including phenoxy) is 2. The number of anilines is 1. The van der Waals surface area contributed by atoms with Crippen LogP contribution in [0.2, 0.25) is 10.0 Å². The number of β-amino-alcohol motifs (C(OH)–C–C–N with tert-alkyl or cyclic N) is 1. The Hall–Kier alpha value is -7.11. The molecule has 1 saturated heterocycles. The van der Waals surface area contributed by atoms with Crippen molar-refractivity contribution in [1.29, 1.82) is 0 Å². The van der Waals surface area contributed by atoms with Crippen molar-refractivity contribution in [2.45, 2.75) is 63.6 Å². The van der Waals surface area contributed by atoms with E-state index in [9.17, 15) is 29.1 Å². The number of hydrogen-bond donors (Lipinski definition) is 5. The number of fused-ring (bicyclic) bond motifs is 1. The summed E-state index contributed by atoms with van der Waals surface area (Å²) in [4.78, 5) is 79.7. The normalized spacial score (nSPS) is 15.5. The summed E-state index contributed by atoms with van der Waals surface area (Å²) in [5.41, 5.74) is 5.56. The topological polar surface area (TPSA) is 204 Å². The second-order valence-electron chi connectivity index (χ2n) is 18.2. The van der Waals surface area contributed by atoms with E-state index in [2.05, 4.69) is 48.3 Å². The number of aromatic nitrogens is 2. The number of unbranched alkanes of at least 4 members (excludes halogenated alkanes) is 3. The number of halogens is 2. The highest BCUT2D eigenvalue weighted by molar-refractivity contribution is 6.32. The van der Waals surface area contributed by atoms with Crippen molar-refractivity contribution in [3.63, 3.8) is 0 Å². The number of likely N-dealkylation sites (tertiary alicyclic amines) is 1. The lowest BCUT2D eigenvalue weighted by atomic mass is 9.93. The molecule has 0 saturated carbocycles. The lowest BCUT2D eigenvalue weighted by molar-refractivity contribution is -0.136. The summed E-state index contributed by atoms with van der Waals surface area (Å²) in [6.07, 6.45) is 7.95. The molecule has 16 nitrogen and oxygen atoms in total. The third-order valence-corrected chi connectivity index (χ3v) is 13.3. The molecule has 0 bridgehead atoms.